The fraction of sp³-hybridized carbons (Fsp3) is 0.846. The van der Waals surface area contributed by atoms with E-state index in [0.29, 0.717) is 32.2 Å². The zero-order chi connectivity index (χ0) is 13.2. The van der Waals surface area contributed by atoms with E-state index < -0.39 is 5.60 Å². The van der Waals surface area contributed by atoms with E-state index in [-0.39, 0.29) is 23.7 Å². The van der Waals surface area contributed by atoms with Crippen LogP contribution in [0.3, 0.4) is 0 Å². The third-order valence-corrected chi connectivity index (χ3v) is 3.99. The number of rotatable bonds is 4. The predicted octanol–water partition coefficient (Wildman–Crippen LogP) is 0.607. The minimum Gasteiger partial charge on any atom is -0.469 e. The molecule has 18 heavy (non-hydrogen) atoms. The lowest BCUT2D eigenvalue weighted by Gasteiger charge is -2.35. The number of nitrogens with one attached hydrogen (secondary N) is 1. The van der Waals surface area contributed by atoms with Gasteiger partial charge < -0.3 is 15.2 Å². The van der Waals surface area contributed by atoms with Crippen LogP contribution >= 0.6 is 0 Å². The molecule has 0 aliphatic heterocycles. The van der Waals surface area contributed by atoms with Crippen LogP contribution < -0.4 is 5.32 Å². The SMILES string of the molecule is COC(=O)C1CCC(O)(CNC(=O)C2CC2)CC1. The molecule has 0 unspecified atom stereocenters. The Morgan fingerprint density at radius 1 is 1.22 bits per heavy atom. The van der Waals surface area contributed by atoms with Crippen LogP contribution in [0.1, 0.15) is 38.5 Å². The summed E-state index contributed by atoms with van der Waals surface area (Å²) in [4.78, 5) is 22.9. The number of ether oxygens (including phenoxy) is 1. The van der Waals surface area contributed by atoms with Crippen LogP contribution in [0.4, 0.5) is 0 Å². The number of carbonyl (C=O) groups is 2. The van der Waals surface area contributed by atoms with E-state index in [1.165, 1.54) is 7.11 Å². The van der Waals surface area contributed by atoms with Gasteiger partial charge in [-0.05, 0) is 38.5 Å². The van der Waals surface area contributed by atoms with Crippen molar-refractivity contribution in [3.8, 4) is 0 Å². The zero-order valence-corrected chi connectivity index (χ0v) is 10.8. The summed E-state index contributed by atoms with van der Waals surface area (Å²) in [6.45, 7) is 0.302. The van der Waals surface area contributed by atoms with Crippen LogP contribution in [-0.4, -0.2) is 36.2 Å². The Morgan fingerprint density at radius 2 is 1.83 bits per heavy atom. The van der Waals surface area contributed by atoms with Crippen LogP contribution in [-0.2, 0) is 14.3 Å². The van der Waals surface area contributed by atoms with Crippen LogP contribution in [0.15, 0.2) is 0 Å². The van der Waals surface area contributed by atoms with Crippen molar-refractivity contribution in [2.24, 2.45) is 11.8 Å². The van der Waals surface area contributed by atoms with Gasteiger partial charge in [-0.15, -0.1) is 0 Å². The van der Waals surface area contributed by atoms with Gasteiger partial charge in [0.25, 0.3) is 0 Å². The highest BCUT2D eigenvalue weighted by atomic mass is 16.5. The maximum atomic E-state index is 11.5. The third kappa shape index (κ3) is 3.22. The van der Waals surface area contributed by atoms with Crippen LogP contribution in [0.5, 0.6) is 0 Å². The Kier molecular flexibility index (Phi) is 3.90. The summed E-state index contributed by atoms with van der Waals surface area (Å²) >= 11 is 0. The lowest BCUT2D eigenvalue weighted by Crippen LogP contribution is -2.46. The highest BCUT2D eigenvalue weighted by Gasteiger charge is 2.37. The third-order valence-electron chi connectivity index (χ3n) is 3.99. The summed E-state index contributed by atoms with van der Waals surface area (Å²) in [6.07, 6.45) is 4.27. The lowest BCUT2D eigenvalue weighted by atomic mass is 9.79. The Morgan fingerprint density at radius 3 is 2.33 bits per heavy atom. The monoisotopic (exact) mass is 255 g/mol. The summed E-state index contributed by atoms with van der Waals surface area (Å²) in [5.41, 5.74) is -0.852. The van der Waals surface area contributed by atoms with E-state index in [9.17, 15) is 14.7 Å². The van der Waals surface area contributed by atoms with Gasteiger partial charge in [-0.3, -0.25) is 9.59 Å². The molecule has 2 aliphatic rings. The zero-order valence-electron chi connectivity index (χ0n) is 10.8. The summed E-state index contributed by atoms with van der Waals surface area (Å²) in [7, 11) is 1.39. The van der Waals surface area contributed by atoms with Gasteiger partial charge >= 0.3 is 5.97 Å². The summed E-state index contributed by atoms with van der Waals surface area (Å²) in [5.74, 6) is -0.0769. The van der Waals surface area contributed by atoms with E-state index in [0.717, 1.165) is 12.8 Å². The maximum absolute atomic E-state index is 11.5. The number of esters is 1. The first-order chi connectivity index (χ1) is 8.54. The standard InChI is InChI=1S/C13H21NO4/c1-18-12(16)10-4-6-13(17,7-5-10)8-14-11(15)9-2-3-9/h9-10,17H,2-8H2,1H3,(H,14,15). The summed E-state index contributed by atoms with van der Waals surface area (Å²) in [6, 6.07) is 0. The van der Waals surface area contributed by atoms with Crippen molar-refractivity contribution in [3.63, 3.8) is 0 Å². The van der Waals surface area contributed by atoms with Crippen LogP contribution in [0.25, 0.3) is 0 Å². The molecule has 0 heterocycles. The maximum Gasteiger partial charge on any atom is 0.308 e. The molecule has 0 aromatic rings. The smallest absolute Gasteiger partial charge is 0.308 e. The van der Waals surface area contributed by atoms with E-state index in [4.69, 9.17) is 4.74 Å². The Balaban J connectivity index is 1.75. The second-order valence-corrected chi connectivity index (χ2v) is 5.51. The molecule has 1 amide bonds. The van der Waals surface area contributed by atoms with Crippen molar-refractivity contribution >= 4 is 11.9 Å². The fourth-order valence-electron chi connectivity index (χ4n) is 2.48. The first-order valence-corrected chi connectivity index (χ1v) is 6.62. The van der Waals surface area contributed by atoms with E-state index in [1.807, 2.05) is 0 Å². The van der Waals surface area contributed by atoms with Gasteiger partial charge in [0.2, 0.25) is 5.91 Å². The lowest BCUT2D eigenvalue weighted by molar-refractivity contribution is -0.148. The van der Waals surface area contributed by atoms with Gasteiger partial charge in [-0.25, -0.2) is 0 Å². The van der Waals surface area contributed by atoms with Crippen molar-refractivity contribution in [1.29, 1.82) is 0 Å². The fourth-order valence-corrected chi connectivity index (χ4v) is 2.48. The van der Waals surface area contributed by atoms with Gasteiger partial charge in [0.1, 0.15) is 0 Å². The molecule has 0 aromatic heterocycles. The van der Waals surface area contributed by atoms with Crippen molar-refractivity contribution in [2.45, 2.75) is 44.1 Å². The molecule has 0 saturated heterocycles. The highest BCUT2D eigenvalue weighted by Crippen LogP contribution is 2.33. The van der Waals surface area contributed by atoms with E-state index in [2.05, 4.69) is 5.32 Å². The predicted molar refractivity (Wildman–Crippen MR) is 64.7 cm³/mol. The second kappa shape index (κ2) is 5.26. The van der Waals surface area contributed by atoms with Crippen molar-refractivity contribution in [3.05, 3.63) is 0 Å². The number of hydrogen-bond donors (Lipinski definition) is 2. The summed E-state index contributed by atoms with van der Waals surface area (Å²) < 4.78 is 4.71. The number of carbonyl (C=O) groups excluding carboxylic acids is 2. The molecule has 0 atom stereocenters. The molecular formula is C13H21NO4. The van der Waals surface area contributed by atoms with Gasteiger partial charge in [-0.1, -0.05) is 0 Å². The molecule has 5 heteroatoms. The molecule has 2 saturated carbocycles. The molecule has 5 nitrogen and oxygen atoms in total. The van der Waals surface area contributed by atoms with Gasteiger partial charge in [0.05, 0.1) is 18.6 Å². The average molecular weight is 255 g/mol. The molecule has 2 N–H and O–H groups in total. The Bertz CT molecular complexity index is 330. The minimum atomic E-state index is -0.852. The molecule has 2 fully saturated rings. The Labute approximate surface area is 107 Å². The van der Waals surface area contributed by atoms with Crippen molar-refractivity contribution in [1.82, 2.24) is 5.32 Å². The Hall–Kier alpha value is -1.10. The van der Waals surface area contributed by atoms with Gasteiger partial charge in [0.15, 0.2) is 0 Å². The molecule has 0 radical (unpaired) electrons. The molecular weight excluding hydrogens is 234 g/mol. The highest BCUT2D eigenvalue weighted by molar-refractivity contribution is 5.80. The van der Waals surface area contributed by atoms with Crippen LogP contribution in [0.2, 0.25) is 0 Å². The number of hydrogen-bond acceptors (Lipinski definition) is 4. The van der Waals surface area contributed by atoms with Crippen molar-refractivity contribution < 1.29 is 19.4 Å². The van der Waals surface area contributed by atoms with E-state index >= 15 is 0 Å². The van der Waals surface area contributed by atoms with E-state index in [1.54, 1.807) is 0 Å². The topological polar surface area (TPSA) is 75.6 Å². The molecule has 102 valence electrons. The number of methoxy groups -OCH3 is 1. The first-order valence-electron chi connectivity index (χ1n) is 6.62. The van der Waals surface area contributed by atoms with Gasteiger partial charge in [-0.2, -0.15) is 0 Å². The number of amides is 1. The number of aliphatic hydroxyl groups is 1. The molecule has 0 spiro atoms. The summed E-state index contributed by atoms with van der Waals surface area (Å²) in [5, 5.41) is 13.1. The molecule has 2 aliphatic carbocycles. The van der Waals surface area contributed by atoms with Crippen molar-refractivity contribution in [2.75, 3.05) is 13.7 Å². The normalized spacial score (nSPS) is 31.8. The van der Waals surface area contributed by atoms with Gasteiger partial charge in [0, 0.05) is 12.5 Å². The first kappa shape index (κ1) is 13.3. The minimum absolute atomic E-state index is 0.0542. The average Bonchev–Trinajstić information content (AvgIpc) is 3.20. The largest absolute Gasteiger partial charge is 0.469 e. The second-order valence-electron chi connectivity index (χ2n) is 5.51. The molecule has 0 aromatic carbocycles. The quantitative estimate of drug-likeness (QED) is 0.722. The molecule has 2 rings (SSSR count). The van der Waals surface area contributed by atoms with Crippen LogP contribution in [0, 0.1) is 11.8 Å². The molecule has 0 bridgehead atoms.